The van der Waals surface area contributed by atoms with Crippen molar-refractivity contribution in [3.05, 3.63) is 65.9 Å². The Bertz CT molecular complexity index is 1260. The fourth-order valence-electron chi connectivity index (χ4n) is 5.86. The number of ether oxygens (including phenoxy) is 2. The van der Waals surface area contributed by atoms with Gasteiger partial charge in [-0.05, 0) is 48.6 Å². The summed E-state index contributed by atoms with van der Waals surface area (Å²) in [6.07, 6.45) is 4.15. The Morgan fingerprint density at radius 2 is 1.68 bits per heavy atom. The first kappa shape index (κ1) is 25.3. The predicted octanol–water partition coefficient (Wildman–Crippen LogP) is 3.67. The summed E-state index contributed by atoms with van der Waals surface area (Å²) in [6, 6.07) is 16.2. The molecular weight excluding hydrogens is 468 g/mol. The van der Waals surface area contributed by atoms with Gasteiger partial charge in [0.1, 0.15) is 11.3 Å². The highest BCUT2D eigenvalue weighted by molar-refractivity contribution is 6.07. The van der Waals surface area contributed by atoms with Gasteiger partial charge in [0.05, 0.1) is 20.3 Å². The summed E-state index contributed by atoms with van der Waals surface area (Å²) in [7, 11) is 5.32. The minimum absolute atomic E-state index is 0.0749. The van der Waals surface area contributed by atoms with E-state index in [1.54, 1.807) is 14.2 Å². The van der Waals surface area contributed by atoms with Crippen LogP contribution in [0.3, 0.4) is 0 Å². The van der Waals surface area contributed by atoms with Crippen molar-refractivity contribution in [1.82, 2.24) is 19.3 Å². The number of hydrogen-bond donors (Lipinski definition) is 0. The molecule has 3 aromatic rings. The van der Waals surface area contributed by atoms with Crippen LogP contribution < -0.4 is 4.74 Å². The van der Waals surface area contributed by atoms with Crippen molar-refractivity contribution in [2.24, 2.45) is 7.05 Å². The van der Waals surface area contributed by atoms with E-state index in [-0.39, 0.29) is 18.5 Å². The van der Waals surface area contributed by atoms with Gasteiger partial charge in [-0.25, -0.2) is 4.79 Å². The zero-order valence-electron chi connectivity index (χ0n) is 22.0. The third-order valence-electron chi connectivity index (χ3n) is 7.98. The average Bonchev–Trinajstić information content (AvgIpc) is 3.34. The lowest BCUT2D eigenvalue weighted by Gasteiger charge is -2.42. The quantitative estimate of drug-likeness (QED) is 0.416. The van der Waals surface area contributed by atoms with E-state index in [1.807, 2.05) is 29.2 Å². The van der Waals surface area contributed by atoms with Gasteiger partial charge in [0, 0.05) is 57.4 Å². The summed E-state index contributed by atoms with van der Waals surface area (Å²) < 4.78 is 12.6. The standard InChI is InChI=1S/C29H36N4O4/c1-30-20-23(25-6-4-5-7-26(25)30)21-31-16-13-29(14-17-31)27(34)32(18-19-36-2)28(35)33(29)15-12-22-8-10-24(37-3)11-9-22/h4-11,20H,12-19,21H2,1-3H3. The molecule has 2 saturated heterocycles. The van der Waals surface area contributed by atoms with Gasteiger partial charge >= 0.3 is 6.03 Å². The second-order valence-electron chi connectivity index (χ2n) is 10.1. The maximum absolute atomic E-state index is 13.7. The van der Waals surface area contributed by atoms with Crippen molar-refractivity contribution in [3.63, 3.8) is 0 Å². The van der Waals surface area contributed by atoms with E-state index in [9.17, 15) is 9.59 Å². The summed E-state index contributed by atoms with van der Waals surface area (Å²) in [5, 5.41) is 1.27. The molecule has 2 aromatic carbocycles. The molecule has 1 spiro atoms. The number of urea groups is 1. The number of fused-ring (bicyclic) bond motifs is 1. The fourth-order valence-corrected chi connectivity index (χ4v) is 5.86. The van der Waals surface area contributed by atoms with Crippen LogP contribution in [-0.4, -0.2) is 83.7 Å². The van der Waals surface area contributed by atoms with Crippen LogP contribution in [0.25, 0.3) is 10.9 Å². The topological polar surface area (TPSA) is 67.2 Å². The molecule has 2 aliphatic rings. The first-order valence-electron chi connectivity index (χ1n) is 13.0. The Morgan fingerprint density at radius 3 is 2.38 bits per heavy atom. The van der Waals surface area contributed by atoms with E-state index in [1.165, 1.54) is 21.4 Å². The summed E-state index contributed by atoms with van der Waals surface area (Å²) in [5.41, 5.74) is 2.84. The van der Waals surface area contributed by atoms with Crippen molar-refractivity contribution in [3.8, 4) is 5.75 Å². The van der Waals surface area contributed by atoms with Gasteiger partial charge in [-0.15, -0.1) is 0 Å². The number of likely N-dealkylation sites (tertiary alicyclic amines) is 1. The Morgan fingerprint density at radius 1 is 0.946 bits per heavy atom. The van der Waals surface area contributed by atoms with Gasteiger partial charge in [-0.2, -0.15) is 0 Å². The molecule has 3 amide bonds. The van der Waals surface area contributed by atoms with Gasteiger partial charge in [0.25, 0.3) is 5.91 Å². The van der Waals surface area contributed by atoms with Crippen LogP contribution in [0.5, 0.6) is 5.75 Å². The predicted molar refractivity (Wildman–Crippen MR) is 143 cm³/mol. The largest absolute Gasteiger partial charge is 0.497 e. The second kappa shape index (κ2) is 10.6. The molecule has 3 heterocycles. The number of aromatic nitrogens is 1. The third-order valence-corrected chi connectivity index (χ3v) is 7.98. The first-order chi connectivity index (χ1) is 18.0. The molecule has 0 radical (unpaired) electrons. The molecule has 5 rings (SSSR count). The molecule has 0 aliphatic carbocycles. The van der Waals surface area contributed by atoms with E-state index in [4.69, 9.17) is 9.47 Å². The van der Waals surface area contributed by atoms with Crippen LogP contribution in [0, 0.1) is 0 Å². The van der Waals surface area contributed by atoms with Crippen LogP contribution in [0.1, 0.15) is 24.0 Å². The Balaban J connectivity index is 1.32. The minimum atomic E-state index is -0.785. The lowest BCUT2D eigenvalue weighted by Crippen LogP contribution is -2.56. The molecule has 196 valence electrons. The highest BCUT2D eigenvalue weighted by atomic mass is 16.5. The maximum Gasteiger partial charge on any atom is 0.327 e. The number of piperidine rings is 1. The monoisotopic (exact) mass is 504 g/mol. The second-order valence-corrected chi connectivity index (χ2v) is 10.1. The molecular formula is C29H36N4O4. The Labute approximate surface area is 218 Å². The zero-order valence-corrected chi connectivity index (χ0v) is 22.0. The fraction of sp³-hybridized carbons (Fsp3) is 0.448. The highest BCUT2D eigenvalue weighted by Gasteiger charge is 2.57. The molecule has 0 N–H and O–H groups in total. The van der Waals surface area contributed by atoms with Gasteiger partial charge in [0.2, 0.25) is 0 Å². The summed E-state index contributed by atoms with van der Waals surface area (Å²) in [5.74, 6) is 0.728. The number of rotatable bonds is 9. The van der Waals surface area contributed by atoms with E-state index in [0.29, 0.717) is 32.4 Å². The van der Waals surface area contributed by atoms with Crippen LogP contribution in [0.15, 0.2) is 54.7 Å². The smallest absolute Gasteiger partial charge is 0.327 e. The van der Waals surface area contributed by atoms with Crippen molar-refractivity contribution < 1.29 is 19.1 Å². The molecule has 0 bridgehead atoms. The Hall–Kier alpha value is -3.36. The molecule has 37 heavy (non-hydrogen) atoms. The van der Waals surface area contributed by atoms with Crippen molar-refractivity contribution in [1.29, 1.82) is 0 Å². The lowest BCUT2D eigenvalue weighted by molar-refractivity contribution is -0.136. The zero-order chi connectivity index (χ0) is 26.0. The normalized spacial score (nSPS) is 17.9. The molecule has 2 aliphatic heterocycles. The number of aryl methyl sites for hydroxylation is 1. The number of carbonyl (C=O) groups excluding carboxylic acids is 2. The molecule has 8 nitrogen and oxygen atoms in total. The van der Waals surface area contributed by atoms with Gasteiger partial charge in [0.15, 0.2) is 0 Å². The number of carbonyl (C=O) groups is 2. The van der Waals surface area contributed by atoms with Gasteiger partial charge in [-0.1, -0.05) is 30.3 Å². The van der Waals surface area contributed by atoms with Crippen LogP contribution in [0.4, 0.5) is 4.79 Å². The SMILES string of the molecule is COCCN1C(=O)N(CCc2ccc(OC)cc2)C2(CCN(Cc3cn(C)c4ccccc34)CC2)C1=O. The van der Waals surface area contributed by atoms with Gasteiger partial charge in [-0.3, -0.25) is 14.6 Å². The molecule has 0 atom stereocenters. The van der Waals surface area contributed by atoms with E-state index < -0.39 is 5.54 Å². The maximum atomic E-state index is 13.7. The number of methoxy groups -OCH3 is 2. The summed E-state index contributed by atoms with van der Waals surface area (Å²) in [6.45, 7) is 3.49. The summed E-state index contributed by atoms with van der Waals surface area (Å²) >= 11 is 0. The Kier molecular flexibility index (Phi) is 7.22. The molecule has 0 unspecified atom stereocenters. The van der Waals surface area contributed by atoms with Crippen molar-refractivity contribution in [2.45, 2.75) is 31.3 Å². The number of amides is 3. The highest BCUT2D eigenvalue weighted by Crippen LogP contribution is 2.38. The van der Waals surface area contributed by atoms with E-state index in [0.717, 1.165) is 30.9 Å². The van der Waals surface area contributed by atoms with Crippen LogP contribution >= 0.6 is 0 Å². The van der Waals surface area contributed by atoms with Crippen LogP contribution in [0.2, 0.25) is 0 Å². The number of nitrogens with zero attached hydrogens (tertiary/aromatic N) is 4. The molecule has 8 heteroatoms. The third kappa shape index (κ3) is 4.71. The average molecular weight is 505 g/mol. The van der Waals surface area contributed by atoms with Crippen LogP contribution in [-0.2, 0) is 29.5 Å². The molecule has 1 aromatic heterocycles. The molecule has 2 fully saturated rings. The first-order valence-corrected chi connectivity index (χ1v) is 13.0. The minimum Gasteiger partial charge on any atom is -0.497 e. The lowest BCUT2D eigenvalue weighted by atomic mass is 9.85. The van der Waals surface area contributed by atoms with Gasteiger partial charge < -0.3 is 18.9 Å². The summed E-state index contributed by atoms with van der Waals surface area (Å²) in [4.78, 5) is 32.8. The molecule has 0 saturated carbocycles. The number of hydrogen-bond acceptors (Lipinski definition) is 5. The number of imide groups is 1. The van der Waals surface area contributed by atoms with Crippen molar-refractivity contribution in [2.75, 3.05) is 47.0 Å². The van der Waals surface area contributed by atoms with E-state index in [2.05, 4.69) is 47.0 Å². The van der Waals surface area contributed by atoms with Crippen molar-refractivity contribution >= 4 is 22.8 Å². The van der Waals surface area contributed by atoms with E-state index >= 15 is 0 Å². The number of benzene rings is 2. The number of para-hydroxylation sites is 1.